The lowest BCUT2D eigenvalue weighted by Gasteiger charge is -2.26. The van der Waals surface area contributed by atoms with Gasteiger partial charge < -0.3 is 5.11 Å². The summed E-state index contributed by atoms with van der Waals surface area (Å²) in [4.78, 5) is 0. The molecule has 0 aromatic heterocycles. The smallest absolute Gasteiger partial charge is 0.201 e. The molecule has 23 heavy (non-hydrogen) atoms. The summed E-state index contributed by atoms with van der Waals surface area (Å²) in [5, 5.41) is 9.38. The van der Waals surface area contributed by atoms with Crippen molar-refractivity contribution in [2.45, 2.75) is 6.92 Å². The first kappa shape index (κ1) is 13.9. The standard InChI is InChI=1S/C19H11F3O/c1-9-2-4-10(5-3-9)11-6-7-12-13-8-14(23)18(21)19(22)16(13)15(12)17(11)20/h2-8,23H,1H3. The van der Waals surface area contributed by atoms with Crippen molar-refractivity contribution < 1.29 is 18.3 Å². The van der Waals surface area contributed by atoms with Crippen LogP contribution in [-0.4, -0.2) is 5.11 Å². The maximum absolute atomic E-state index is 14.8. The second-order valence-electron chi connectivity index (χ2n) is 5.66. The van der Waals surface area contributed by atoms with E-state index in [0.29, 0.717) is 22.3 Å². The fraction of sp³-hybridized carbons (Fsp3) is 0.0526. The summed E-state index contributed by atoms with van der Waals surface area (Å²) in [7, 11) is 0. The topological polar surface area (TPSA) is 20.2 Å². The molecule has 0 radical (unpaired) electrons. The van der Waals surface area contributed by atoms with E-state index in [2.05, 4.69) is 0 Å². The van der Waals surface area contributed by atoms with Crippen LogP contribution in [0.2, 0.25) is 0 Å². The van der Waals surface area contributed by atoms with Gasteiger partial charge in [-0.15, -0.1) is 0 Å². The quantitative estimate of drug-likeness (QED) is 0.497. The van der Waals surface area contributed by atoms with Crippen LogP contribution in [-0.2, 0) is 0 Å². The zero-order chi connectivity index (χ0) is 16.3. The molecule has 0 saturated heterocycles. The third-order valence-electron chi connectivity index (χ3n) is 4.23. The number of aryl methyl sites for hydroxylation is 1. The summed E-state index contributed by atoms with van der Waals surface area (Å²) in [6.07, 6.45) is 0. The zero-order valence-corrected chi connectivity index (χ0v) is 12.1. The van der Waals surface area contributed by atoms with Gasteiger partial charge in [-0.3, -0.25) is 0 Å². The van der Waals surface area contributed by atoms with Gasteiger partial charge in [-0.1, -0.05) is 42.0 Å². The largest absolute Gasteiger partial charge is 0.505 e. The Labute approximate surface area is 130 Å². The predicted octanol–water partition coefficient (Wildman–Crippen LogP) is 5.43. The van der Waals surface area contributed by atoms with Crippen LogP contribution in [0.3, 0.4) is 0 Å². The van der Waals surface area contributed by atoms with Crippen LogP contribution in [0.15, 0.2) is 42.5 Å². The normalized spacial score (nSPS) is 11.7. The van der Waals surface area contributed by atoms with Gasteiger partial charge in [0.25, 0.3) is 0 Å². The molecule has 0 heterocycles. The van der Waals surface area contributed by atoms with Crippen molar-refractivity contribution in [3.05, 3.63) is 65.5 Å². The van der Waals surface area contributed by atoms with E-state index in [1.165, 1.54) is 0 Å². The van der Waals surface area contributed by atoms with Crippen molar-refractivity contribution in [1.82, 2.24) is 0 Å². The van der Waals surface area contributed by atoms with Gasteiger partial charge in [0.15, 0.2) is 11.6 Å². The van der Waals surface area contributed by atoms with E-state index in [9.17, 15) is 18.3 Å². The molecule has 0 atom stereocenters. The Morgan fingerprint density at radius 3 is 2.00 bits per heavy atom. The van der Waals surface area contributed by atoms with Crippen molar-refractivity contribution in [3.8, 4) is 39.1 Å². The van der Waals surface area contributed by atoms with E-state index >= 15 is 0 Å². The number of halogens is 3. The lowest BCUT2D eigenvalue weighted by molar-refractivity contribution is 0.408. The third-order valence-corrected chi connectivity index (χ3v) is 4.23. The number of benzene rings is 3. The third kappa shape index (κ3) is 1.81. The van der Waals surface area contributed by atoms with Gasteiger partial charge in [0.05, 0.1) is 0 Å². The average Bonchev–Trinajstić information content (AvgIpc) is 2.52. The lowest BCUT2D eigenvalue weighted by atomic mass is 9.78. The van der Waals surface area contributed by atoms with E-state index in [1.54, 1.807) is 24.3 Å². The molecule has 1 nitrogen and oxygen atoms in total. The molecule has 1 N–H and O–H groups in total. The molecule has 0 unspecified atom stereocenters. The maximum atomic E-state index is 14.8. The molecule has 3 aromatic carbocycles. The second-order valence-corrected chi connectivity index (χ2v) is 5.66. The minimum atomic E-state index is -1.35. The molecule has 0 amide bonds. The van der Waals surface area contributed by atoms with E-state index in [-0.39, 0.29) is 11.1 Å². The molecule has 1 aliphatic rings. The molecule has 1 aliphatic carbocycles. The zero-order valence-electron chi connectivity index (χ0n) is 12.1. The van der Waals surface area contributed by atoms with Gasteiger partial charge in [0, 0.05) is 16.7 Å². The van der Waals surface area contributed by atoms with Crippen LogP contribution >= 0.6 is 0 Å². The molecule has 0 bridgehead atoms. The van der Waals surface area contributed by atoms with Gasteiger partial charge in [0.2, 0.25) is 5.82 Å². The van der Waals surface area contributed by atoms with E-state index < -0.39 is 23.2 Å². The second kappa shape index (κ2) is 4.62. The monoisotopic (exact) mass is 312 g/mol. The summed E-state index contributed by atoms with van der Waals surface area (Å²) in [5.74, 6) is -3.92. The first-order valence-corrected chi connectivity index (χ1v) is 7.10. The Kier molecular flexibility index (Phi) is 2.79. The van der Waals surface area contributed by atoms with Crippen LogP contribution in [0, 0.1) is 24.4 Å². The number of fused-ring (bicyclic) bond motifs is 4. The number of rotatable bonds is 1. The number of phenols is 1. The Balaban J connectivity index is 1.93. The maximum Gasteiger partial charge on any atom is 0.201 e. The van der Waals surface area contributed by atoms with Crippen LogP contribution in [0.5, 0.6) is 5.75 Å². The van der Waals surface area contributed by atoms with Gasteiger partial charge in [-0.25, -0.2) is 8.78 Å². The summed E-state index contributed by atoms with van der Waals surface area (Å²) in [6.45, 7) is 1.93. The molecule has 4 rings (SSSR count). The number of hydrogen-bond acceptors (Lipinski definition) is 1. The first-order chi connectivity index (χ1) is 11.0. The van der Waals surface area contributed by atoms with Gasteiger partial charge in [-0.05, 0) is 29.7 Å². The Morgan fingerprint density at radius 2 is 1.30 bits per heavy atom. The number of aromatic hydroxyl groups is 1. The molecule has 3 aromatic rings. The van der Waals surface area contributed by atoms with Gasteiger partial charge in [0.1, 0.15) is 5.82 Å². The first-order valence-electron chi connectivity index (χ1n) is 7.10. The highest BCUT2D eigenvalue weighted by atomic mass is 19.2. The SMILES string of the molecule is Cc1ccc(-c2ccc3c(c2F)-c2c-3cc(O)c(F)c2F)cc1. The Morgan fingerprint density at radius 1 is 0.696 bits per heavy atom. The molecular formula is C19H11F3O. The Bertz CT molecular complexity index is 960. The van der Waals surface area contributed by atoms with Crippen molar-refractivity contribution in [2.75, 3.05) is 0 Å². The summed E-state index contributed by atoms with van der Waals surface area (Å²) >= 11 is 0. The van der Waals surface area contributed by atoms with E-state index in [1.807, 2.05) is 19.1 Å². The highest BCUT2D eigenvalue weighted by Gasteiger charge is 2.33. The van der Waals surface area contributed by atoms with Gasteiger partial charge >= 0.3 is 0 Å². The number of hydrogen-bond donors (Lipinski definition) is 1. The van der Waals surface area contributed by atoms with Crippen molar-refractivity contribution >= 4 is 0 Å². The fourth-order valence-corrected chi connectivity index (χ4v) is 3.01. The summed E-state index contributed by atoms with van der Waals surface area (Å²) in [5.41, 5.74) is 2.81. The summed E-state index contributed by atoms with van der Waals surface area (Å²) < 4.78 is 42.4. The van der Waals surface area contributed by atoms with Crippen LogP contribution in [0.1, 0.15) is 5.56 Å². The minimum Gasteiger partial charge on any atom is -0.505 e. The molecule has 0 saturated carbocycles. The molecule has 4 heteroatoms. The molecular weight excluding hydrogens is 301 g/mol. The van der Waals surface area contributed by atoms with E-state index in [0.717, 1.165) is 11.6 Å². The molecule has 114 valence electrons. The van der Waals surface area contributed by atoms with E-state index in [4.69, 9.17) is 0 Å². The fourth-order valence-electron chi connectivity index (χ4n) is 3.01. The summed E-state index contributed by atoms with van der Waals surface area (Å²) in [6, 6.07) is 11.7. The average molecular weight is 312 g/mol. The predicted molar refractivity (Wildman–Crippen MR) is 82.6 cm³/mol. The van der Waals surface area contributed by atoms with Gasteiger partial charge in [-0.2, -0.15) is 4.39 Å². The van der Waals surface area contributed by atoms with Crippen molar-refractivity contribution in [1.29, 1.82) is 0 Å². The molecule has 0 spiro atoms. The van der Waals surface area contributed by atoms with Crippen molar-refractivity contribution in [2.24, 2.45) is 0 Å². The lowest BCUT2D eigenvalue weighted by Crippen LogP contribution is -2.07. The Hall–Kier alpha value is -2.75. The highest BCUT2D eigenvalue weighted by Crippen LogP contribution is 2.53. The minimum absolute atomic E-state index is 0.0643. The number of phenolic OH excluding ortho intramolecular Hbond substituents is 1. The molecule has 0 fully saturated rings. The highest BCUT2D eigenvalue weighted by molar-refractivity contribution is 6.04. The van der Waals surface area contributed by atoms with Crippen LogP contribution in [0.25, 0.3) is 33.4 Å². The van der Waals surface area contributed by atoms with Crippen LogP contribution in [0.4, 0.5) is 13.2 Å². The van der Waals surface area contributed by atoms with Crippen LogP contribution < -0.4 is 0 Å². The van der Waals surface area contributed by atoms with Crippen molar-refractivity contribution in [3.63, 3.8) is 0 Å². The molecule has 0 aliphatic heterocycles.